The van der Waals surface area contributed by atoms with Crippen molar-refractivity contribution < 1.29 is 37.9 Å². The van der Waals surface area contributed by atoms with Crippen LogP contribution in [0.15, 0.2) is 11.1 Å². The van der Waals surface area contributed by atoms with Crippen LogP contribution in [0.3, 0.4) is 0 Å². The van der Waals surface area contributed by atoms with Crippen LogP contribution >= 0.6 is 6.49 Å². The lowest BCUT2D eigenvalue weighted by molar-refractivity contribution is -0.0481. The number of ether oxygens (including phenoxy) is 2. The molecule has 0 radical (unpaired) electrons. The number of hydrogen-bond donors (Lipinski definition) is 6. The lowest BCUT2D eigenvalue weighted by Crippen LogP contribution is -2.34. The Kier molecular flexibility index (Phi) is 6.89. The maximum atomic E-state index is 15.5. The van der Waals surface area contributed by atoms with Crippen molar-refractivity contribution in [3.8, 4) is 0 Å². The summed E-state index contributed by atoms with van der Waals surface area (Å²) in [6.45, 7) is -5.75. The fourth-order valence-corrected chi connectivity index (χ4v) is 7.13. The molecule has 19 nitrogen and oxygen atoms in total. The molecule has 41 heavy (non-hydrogen) atoms. The first-order valence-corrected chi connectivity index (χ1v) is 14.5. The normalized spacial score (nSPS) is 31.7. The van der Waals surface area contributed by atoms with Crippen LogP contribution in [0, 0.1) is 0 Å². The number of anilines is 2. The van der Waals surface area contributed by atoms with Crippen molar-refractivity contribution in [3.63, 3.8) is 0 Å². The van der Waals surface area contributed by atoms with Gasteiger partial charge in [0.2, 0.25) is 5.95 Å². The molecular formula is C18H21F2N12O7PS. The summed E-state index contributed by atoms with van der Waals surface area (Å²) in [5.41, 5.74) is 8.60. The number of aromatic nitrogens is 10. The molecule has 2 fully saturated rings. The standard InChI is InChI=1S/C18H21F2N12O7PS/c19-6-4(1-33)38-17(32-14-9(28-30-32)15(35)26-18(22)25-14)11(6)40(36,41)37-2-5-10(34)7(20)16(39-5)31-13-8(27-29-31)12(21)23-3-24-13/h3-7,10-11,16-17,33-34H,1-2H2,(H,36,41)(H2,21,23,24)(H3,22,25,26,35)/t4-,5?,6+,7+,10-,11-,16-,17-,40?/m1/s1. The molecule has 2 aliphatic rings. The molecule has 0 aromatic carbocycles. The zero-order valence-corrected chi connectivity index (χ0v) is 22.1. The molecule has 9 atom stereocenters. The quantitative estimate of drug-likeness (QED) is 0.116. The Bertz CT molecular complexity index is 1720. The molecule has 0 amide bonds. The number of halogens is 2. The second-order valence-electron chi connectivity index (χ2n) is 9.17. The third-order valence-electron chi connectivity index (χ3n) is 6.69. The lowest BCUT2D eigenvalue weighted by Gasteiger charge is -2.28. The second-order valence-corrected chi connectivity index (χ2v) is 12.7. The largest absolute Gasteiger partial charge is 0.394 e. The molecule has 0 saturated carbocycles. The van der Waals surface area contributed by atoms with Crippen LogP contribution in [0.25, 0.3) is 22.3 Å². The molecule has 23 heteroatoms. The molecule has 2 aliphatic heterocycles. The average molecular weight is 618 g/mol. The number of hydrogen-bond acceptors (Lipinski definition) is 16. The van der Waals surface area contributed by atoms with Crippen LogP contribution in [-0.2, 0) is 25.8 Å². The van der Waals surface area contributed by atoms with E-state index in [2.05, 4.69) is 40.6 Å². The van der Waals surface area contributed by atoms with Gasteiger partial charge in [-0.2, -0.15) is 14.3 Å². The Morgan fingerprint density at radius 2 is 1.76 bits per heavy atom. The van der Waals surface area contributed by atoms with Gasteiger partial charge in [-0.25, -0.2) is 18.7 Å². The van der Waals surface area contributed by atoms with E-state index in [1.165, 1.54) is 0 Å². The first-order valence-electron chi connectivity index (χ1n) is 11.8. The summed E-state index contributed by atoms with van der Waals surface area (Å²) in [7, 11) is 0. The van der Waals surface area contributed by atoms with Crippen molar-refractivity contribution in [2.45, 2.75) is 48.8 Å². The van der Waals surface area contributed by atoms with Gasteiger partial charge >= 0.3 is 0 Å². The smallest absolute Gasteiger partial charge is 0.282 e. The number of aliphatic hydroxyl groups excluding tert-OH is 2. The van der Waals surface area contributed by atoms with Crippen molar-refractivity contribution in [1.82, 2.24) is 49.9 Å². The van der Waals surface area contributed by atoms with E-state index in [0.717, 1.165) is 15.7 Å². The summed E-state index contributed by atoms with van der Waals surface area (Å²) in [5, 5.41) is 35.2. The van der Waals surface area contributed by atoms with E-state index in [-0.39, 0.29) is 34.1 Å². The number of fused-ring (bicyclic) bond motifs is 2. The van der Waals surface area contributed by atoms with E-state index >= 15 is 8.78 Å². The number of nitrogens with zero attached hydrogens (tertiary/aromatic N) is 9. The minimum Gasteiger partial charge on any atom is -0.394 e. The number of H-pyrrole nitrogens is 1. The Hall–Kier alpha value is -3.37. The molecule has 2 saturated heterocycles. The van der Waals surface area contributed by atoms with Gasteiger partial charge < -0.3 is 40.6 Å². The molecule has 2 unspecified atom stereocenters. The third kappa shape index (κ3) is 4.52. The summed E-state index contributed by atoms with van der Waals surface area (Å²) in [5.74, 6) is -0.304. The highest BCUT2D eigenvalue weighted by atomic mass is 32.5. The van der Waals surface area contributed by atoms with E-state index < -0.39 is 74.0 Å². The molecule has 0 aliphatic carbocycles. The highest BCUT2D eigenvalue weighted by Crippen LogP contribution is 2.58. The zero-order chi connectivity index (χ0) is 29.2. The van der Waals surface area contributed by atoms with Crippen LogP contribution in [0.1, 0.15) is 12.5 Å². The van der Waals surface area contributed by atoms with Crippen molar-refractivity contribution in [2.75, 3.05) is 24.7 Å². The van der Waals surface area contributed by atoms with Crippen molar-refractivity contribution in [2.24, 2.45) is 0 Å². The predicted octanol–water partition coefficient (Wildman–Crippen LogP) is -2.57. The van der Waals surface area contributed by atoms with Crippen LogP contribution < -0.4 is 17.0 Å². The fraction of sp³-hybridized carbons (Fsp3) is 0.556. The van der Waals surface area contributed by atoms with Gasteiger partial charge in [0.15, 0.2) is 53.3 Å². The second kappa shape index (κ2) is 10.2. The SMILES string of the molecule is Nc1nc2c(nnn2[C@@H]2O[C@H](CO)[C@H](F)[C@H]2P(O)(=S)OCC2O[C@@H](n3nnc4c(N)ncnc43)[C@@H](F)[C@@H]2O)c(=O)[nH]1. The van der Waals surface area contributed by atoms with Gasteiger partial charge in [0.05, 0.1) is 13.2 Å². The van der Waals surface area contributed by atoms with Crippen molar-refractivity contribution >= 4 is 52.4 Å². The Morgan fingerprint density at radius 3 is 2.49 bits per heavy atom. The number of aliphatic hydroxyl groups is 2. The first-order chi connectivity index (χ1) is 19.5. The van der Waals surface area contributed by atoms with Crippen molar-refractivity contribution in [1.29, 1.82) is 0 Å². The van der Waals surface area contributed by atoms with E-state index in [4.69, 9.17) is 37.3 Å². The van der Waals surface area contributed by atoms with Crippen molar-refractivity contribution in [3.05, 3.63) is 16.7 Å². The van der Waals surface area contributed by atoms with Gasteiger partial charge in [-0.1, -0.05) is 10.4 Å². The molecular weight excluding hydrogens is 597 g/mol. The van der Waals surface area contributed by atoms with E-state index in [1.807, 2.05) is 0 Å². The van der Waals surface area contributed by atoms with Crippen LogP contribution in [0.5, 0.6) is 0 Å². The maximum absolute atomic E-state index is 15.5. The number of nitrogens with one attached hydrogen (secondary N) is 1. The fourth-order valence-electron chi connectivity index (χ4n) is 4.69. The van der Waals surface area contributed by atoms with Crippen LogP contribution in [-0.4, -0.2) is 115 Å². The number of aromatic amines is 1. The average Bonchev–Trinajstić information content (AvgIpc) is 3.68. The van der Waals surface area contributed by atoms with Gasteiger partial charge in [-0.15, -0.1) is 10.2 Å². The number of alkyl halides is 2. The molecule has 8 N–H and O–H groups in total. The zero-order valence-electron chi connectivity index (χ0n) is 20.4. The molecule has 6 rings (SSSR count). The molecule has 4 aromatic heterocycles. The predicted molar refractivity (Wildman–Crippen MR) is 135 cm³/mol. The first kappa shape index (κ1) is 27.8. The maximum Gasteiger partial charge on any atom is 0.282 e. The minimum atomic E-state index is -4.27. The van der Waals surface area contributed by atoms with Crippen LogP contribution in [0.2, 0.25) is 0 Å². The topological polar surface area (TPSA) is 273 Å². The van der Waals surface area contributed by atoms with Gasteiger partial charge in [-0.3, -0.25) is 9.78 Å². The van der Waals surface area contributed by atoms with Crippen LogP contribution in [0.4, 0.5) is 20.5 Å². The van der Waals surface area contributed by atoms with Gasteiger partial charge in [0, 0.05) is 0 Å². The van der Waals surface area contributed by atoms with E-state index in [0.29, 0.717) is 0 Å². The lowest BCUT2D eigenvalue weighted by atomic mass is 10.1. The third-order valence-corrected chi connectivity index (χ3v) is 9.55. The summed E-state index contributed by atoms with van der Waals surface area (Å²) < 4.78 is 49.1. The van der Waals surface area contributed by atoms with Gasteiger partial charge in [0.1, 0.15) is 36.5 Å². The minimum absolute atomic E-state index is 0.00555. The Balaban J connectivity index is 1.25. The molecule has 6 heterocycles. The summed E-state index contributed by atoms with van der Waals surface area (Å²) >= 11 is 5.27. The summed E-state index contributed by atoms with van der Waals surface area (Å²) in [6.07, 6.45) is -10.7. The molecule has 0 bridgehead atoms. The monoisotopic (exact) mass is 618 g/mol. The Morgan fingerprint density at radius 1 is 1.07 bits per heavy atom. The number of nitrogens with two attached hydrogens (primary N) is 2. The highest BCUT2D eigenvalue weighted by molar-refractivity contribution is 8.09. The van der Waals surface area contributed by atoms with Gasteiger partial charge in [0.25, 0.3) is 5.56 Å². The number of rotatable bonds is 7. The Labute approximate surface area is 230 Å². The molecule has 4 aromatic rings. The summed E-state index contributed by atoms with van der Waals surface area (Å²) in [6, 6.07) is 0. The molecule has 220 valence electrons. The van der Waals surface area contributed by atoms with E-state index in [9.17, 15) is 19.9 Å². The van der Waals surface area contributed by atoms with Gasteiger partial charge in [-0.05, 0) is 11.8 Å². The molecule has 0 spiro atoms. The highest BCUT2D eigenvalue weighted by Gasteiger charge is 2.55. The summed E-state index contributed by atoms with van der Waals surface area (Å²) in [4.78, 5) is 37.3. The number of nitrogen functional groups attached to an aromatic ring is 2. The van der Waals surface area contributed by atoms with E-state index in [1.54, 1.807) is 0 Å².